The Bertz CT molecular complexity index is 407. The van der Waals surface area contributed by atoms with Crippen LogP contribution in [0.2, 0.25) is 58.9 Å². The van der Waals surface area contributed by atoms with E-state index in [0.717, 1.165) is 4.23 Å². The maximum atomic E-state index is 12.4. The minimum absolute atomic E-state index is 0.163. The lowest BCUT2D eigenvalue weighted by Gasteiger charge is -2.43. The van der Waals surface area contributed by atoms with Crippen LogP contribution in [0.25, 0.3) is 0 Å². The fourth-order valence-electron chi connectivity index (χ4n) is 2.17. The molecule has 0 heterocycles. The highest BCUT2D eigenvalue weighted by Gasteiger charge is 2.50. The minimum Gasteiger partial charge on any atom is -0.520 e. The van der Waals surface area contributed by atoms with E-state index in [2.05, 4.69) is 0 Å². The van der Waals surface area contributed by atoms with E-state index in [1.807, 2.05) is 19.6 Å². The van der Waals surface area contributed by atoms with Gasteiger partial charge >= 0.3 is 12.1 Å². The molecule has 0 unspecified atom stereocenters. The Kier molecular flexibility index (Phi) is 8.54. The summed E-state index contributed by atoms with van der Waals surface area (Å²) in [5.74, 6) is -1.83. The fourth-order valence-corrected chi connectivity index (χ4v) is 12.6. The van der Waals surface area contributed by atoms with Gasteiger partial charge in [0.05, 0.1) is 0 Å². The van der Waals surface area contributed by atoms with Gasteiger partial charge in [0.15, 0.2) is 0 Å². The Morgan fingerprint density at radius 3 is 1.17 bits per heavy atom. The molecule has 0 aromatic carbocycles. The second-order valence-corrected chi connectivity index (χ2v) is 22.6. The van der Waals surface area contributed by atoms with Crippen molar-refractivity contribution in [3.63, 3.8) is 0 Å². The quantitative estimate of drug-likeness (QED) is 0.671. The van der Waals surface area contributed by atoms with Crippen molar-refractivity contribution in [1.29, 1.82) is 0 Å². The smallest absolute Gasteiger partial charge is 0.469 e. The molecule has 0 aromatic heterocycles. The van der Waals surface area contributed by atoms with Gasteiger partial charge in [0.1, 0.15) is 16.5 Å². The molecule has 0 radical (unpaired) electrons. The van der Waals surface area contributed by atoms with E-state index in [4.69, 9.17) is 4.43 Å². The molecule has 0 aliphatic carbocycles. The zero-order valence-electron chi connectivity index (χ0n) is 15.8. The van der Waals surface area contributed by atoms with Crippen molar-refractivity contribution in [2.45, 2.75) is 72.0 Å². The maximum Gasteiger partial charge on any atom is 0.469 e. The number of halogens is 3. The summed E-state index contributed by atoms with van der Waals surface area (Å²) in [6.07, 6.45) is -4.75. The summed E-state index contributed by atoms with van der Waals surface area (Å²) in [4.78, 5) is 21.6. The molecule has 23 heavy (non-hydrogen) atoms. The topological polar surface area (TPSA) is 46.6 Å². The average molecular weight is 390 g/mol. The molecule has 138 valence electrons. The van der Waals surface area contributed by atoms with Crippen molar-refractivity contribution < 1.29 is 27.2 Å². The summed E-state index contributed by atoms with van der Waals surface area (Å²) in [7, 11) is -6.11. The van der Waals surface area contributed by atoms with E-state index in [-0.39, 0.29) is 5.97 Å². The first kappa shape index (κ1) is 24.6. The number of hydrogen-bond donors (Lipinski definition) is 0. The lowest BCUT2D eigenvalue weighted by atomic mass is 10.6. The van der Waals surface area contributed by atoms with E-state index >= 15 is 0 Å². The average Bonchev–Trinajstić information content (AvgIpc) is 2.06. The largest absolute Gasteiger partial charge is 0.520 e. The van der Waals surface area contributed by atoms with Gasteiger partial charge in [0.25, 0.3) is 5.97 Å². The van der Waals surface area contributed by atoms with Crippen LogP contribution in [-0.2, 0) is 14.0 Å². The van der Waals surface area contributed by atoms with E-state index < -0.39 is 36.9 Å². The molecule has 0 atom stereocenters. The second kappa shape index (κ2) is 7.97. The van der Waals surface area contributed by atoms with Crippen molar-refractivity contribution in [2.75, 3.05) is 0 Å². The van der Waals surface area contributed by atoms with Gasteiger partial charge in [0, 0.05) is 6.92 Å². The number of hydrogen-bond acceptors (Lipinski definition) is 3. The highest BCUT2D eigenvalue weighted by atomic mass is 28.4. The normalized spacial score (nSPS) is 12.9. The molecule has 0 aliphatic heterocycles. The van der Waals surface area contributed by atoms with Crippen LogP contribution in [0.15, 0.2) is 0 Å². The Morgan fingerprint density at radius 1 is 0.826 bits per heavy atom. The number of alkyl halides is 3. The molecule has 10 heteroatoms. The summed E-state index contributed by atoms with van der Waals surface area (Å²) in [5, 5.41) is 0. The predicted octanol–water partition coefficient (Wildman–Crippen LogP) is 4.43. The van der Waals surface area contributed by atoms with Crippen LogP contribution in [0.5, 0.6) is 0 Å². The predicted molar refractivity (Wildman–Crippen MR) is 94.7 cm³/mol. The van der Waals surface area contributed by atoms with Crippen LogP contribution >= 0.6 is 0 Å². The first-order valence-electron chi connectivity index (χ1n) is 7.30. The lowest BCUT2D eigenvalue weighted by molar-refractivity contribution is -0.177. The molecule has 1 amide bonds. The van der Waals surface area contributed by atoms with Crippen LogP contribution in [0, 0.1) is 0 Å². The van der Waals surface area contributed by atoms with Crippen LogP contribution in [0.4, 0.5) is 13.2 Å². The molecular weight excluding hydrogens is 359 g/mol. The van der Waals surface area contributed by atoms with Crippen LogP contribution in [0.1, 0.15) is 6.92 Å². The summed E-state index contributed by atoms with van der Waals surface area (Å²) >= 11 is 0. The van der Waals surface area contributed by atoms with Gasteiger partial charge in [-0.3, -0.25) is 9.59 Å². The van der Waals surface area contributed by atoms with Crippen LogP contribution in [-0.4, -0.2) is 47.1 Å². The van der Waals surface area contributed by atoms with Crippen LogP contribution in [0.3, 0.4) is 0 Å². The van der Waals surface area contributed by atoms with Gasteiger partial charge in [-0.05, 0) is 19.6 Å². The summed E-state index contributed by atoms with van der Waals surface area (Å²) in [6, 6.07) is 0. The van der Waals surface area contributed by atoms with Crippen molar-refractivity contribution in [2.24, 2.45) is 0 Å². The Balaban J connectivity index is 0. The van der Waals surface area contributed by atoms with E-state index in [0.29, 0.717) is 0 Å². The molecule has 0 bridgehead atoms. The number of nitrogens with zero attached hydrogens (tertiary/aromatic N) is 1. The Labute approximate surface area is 140 Å². The first-order valence-corrected chi connectivity index (χ1v) is 17.6. The Morgan fingerprint density at radius 2 is 1.13 bits per heavy atom. The van der Waals surface area contributed by atoms with Gasteiger partial charge < -0.3 is 8.66 Å². The third kappa shape index (κ3) is 11.5. The van der Waals surface area contributed by atoms with Crippen molar-refractivity contribution in [3.8, 4) is 0 Å². The molecule has 0 spiro atoms. The van der Waals surface area contributed by atoms with Gasteiger partial charge in [-0.15, -0.1) is 0 Å². The zero-order valence-corrected chi connectivity index (χ0v) is 18.8. The Hall–Kier alpha value is -0.619. The number of carbonyl (C=O) groups excluding carboxylic acids is 2. The van der Waals surface area contributed by atoms with Crippen LogP contribution < -0.4 is 0 Å². The minimum atomic E-state index is -4.75. The standard InChI is InChI=1S/C8H18F3NOSi2.C5H12O2Si/c1-14(2,3)12(15(4,5)6)7(13)8(9,10)11;1-5(6)7-8(2,3)4/h1-6H3;1-4H3. The zero-order chi connectivity index (χ0) is 19.4. The van der Waals surface area contributed by atoms with E-state index in [9.17, 15) is 22.8 Å². The molecule has 0 saturated heterocycles. The van der Waals surface area contributed by atoms with Crippen molar-refractivity contribution in [1.82, 2.24) is 4.23 Å². The van der Waals surface area contributed by atoms with Gasteiger partial charge in [-0.2, -0.15) is 13.2 Å². The molecule has 0 fully saturated rings. The molecular formula is C13H30F3NO3Si3. The number of carbonyl (C=O) groups is 2. The van der Waals surface area contributed by atoms with Crippen molar-refractivity contribution >= 4 is 36.7 Å². The second-order valence-electron chi connectivity index (χ2n) is 8.19. The number of amides is 1. The summed E-state index contributed by atoms with van der Waals surface area (Å²) < 4.78 is 43.3. The van der Waals surface area contributed by atoms with Gasteiger partial charge in [0.2, 0.25) is 8.32 Å². The van der Waals surface area contributed by atoms with E-state index in [1.54, 1.807) is 39.3 Å². The maximum absolute atomic E-state index is 12.4. The third-order valence-electron chi connectivity index (χ3n) is 2.24. The van der Waals surface area contributed by atoms with Crippen molar-refractivity contribution in [3.05, 3.63) is 0 Å². The molecule has 4 nitrogen and oxygen atoms in total. The highest BCUT2D eigenvalue weighted by Crippen LogP contribution is 2.27. The molecule has 0 aromatic rings. The van der Waals surface area contributed by atoms with Gasteiger partial charge in [-0.25, -0.2) is 0 Å². The summed E-state index contributed by atoms with van der Waals surface area (Å²) in [5.41, 5.74) is 0. The first-order chi connectivity index (χ1) is 9.69. The monoisotopic (exact) mass is 389 g/mol. The summed E-state index contributed by atoms with van der Waals surface area (Å²) in [6.45, 7) is 17.9. The molecule has 0 rings (SSSR count). The fraction of sp³-hybridized carbons (Fsp3) is 0.846. The number of rotatable bonds is 3. The third-order valence-corrected chi connectivity index (χ3v) is 10.3. The highest BCUT2D eigenvalue weighted by molar-refractivity contribution is 6.92. The van der Waals surface area contributed by atoms with Gasteiger partial charge in [-0.1, -0.05) is 39.3 Å². The lowest BCUT2D eigenvalue weighted by Crippen LogP contribution is -2.64. The SMILES string of the molecule is CC(=O)O[Si](C)(C)C.C[Si](C)(C)N(C(=O)C(F)(F)F)[Si](C)(C)C. The van der Waals surface area contributed by atoms with E-state index in [1.165, 1.54) is 6.92 Å². The molecule has 0 aliphatic rings. The molecule has 0 saturated carbocycles. The molecule has 0 N–H and O–H groups in total.